The Bertz CT molecular complexity index is 420. The Morgan fingerprint density at radius 3 is 2.10 bits per heavy atom. The zero-order valence-electron chi connectivity index (χ0n) is 11.7. The molecule has 2 amide bonds. The number of hydrazine groups is 1. The molecule has 8 heteroatoms. The molecule has 0 aliphatic carbocycles. The van der Waals surface area contributed by atoms with Gasteiger partial charge in [0.25, 0.3) is 0 Å². The Morgan fingerprint density at radius 2 is 1.55 bits per heavy atom. The maximum Gasteiger partial charge on any atom is 0.433 e. The average Bonchev–Trinajstić information content (AvgIpc) is 2.34. The van der Waals surface area contributed by atoms with Crippen LogP contribution < -0.4 is 0 Å². The number of ether oxygens (including phenoxy) is 3. The lowest BCUT2D eigenvalue weighted by atomic mass is 10.3. The summed E-state index contributed by atoms with van der Waals surface area (Å²) in [5.41, 5.74) is 0.315. The van der Waals surface area contributed by atoms with Crippen molar-refractivity contribution in [1.82, 2.24) is 10.0 Å². The highest BCUT2D eigenvalue weighted by atomic mass is 16.6. The van der Waals surface area contributed by atoms with Gasteiger partial charge in [0.15, 0.2) is 0 Å². The van der Waals surface area contributed by atoms with Gasteiger partial charge in [-0.2, -0.15) is 5.01 Å². The largest absolute Gasteiger partial charge is 0.463 e. The molecule has 1 fully saturated rings. The molecule has 112 valence electrons. The van der Waals surface area contributed by atoms with Crippen molar-refractivity contribution in [2.45, 2.75) is 20.8 Å². The van der Waals surface area contributed by atoms with Gasteiger partial charge in [0.05, 0.1) is 32.1 Å². The van der Waals surface area contributed by atoms with E-state index in [4.69, 9.17) is 14.2 Å². The number of carbonyl (C=O) groups excluding carboxylic acids is 3. The minimum atomic E-state index is -0.748. The molecule has 20 heavy (non-hydrogen) atoms. The van der Waals surface area contributed by atoms with Crippen LogP contribution in [0.5, 0.6) is 0 Å². The average molecular weight is 286 g/mol. The van der Waals surface area contributed by atoms with Crippen molar-refractivity contribution >= 4 is 18.2 Å². The molecular formula is C12H18N2O6. The standard InChI is InChI=1S/C12H18N2O6/c1-4-18-10(15)7-9-8-13(11(16)19-5-2)14(9)12(17)20-6-3/h7H,4-6,8H2,1-3H3/b9-7-. The van der Waals surface area contributed by atoms with Crippen LogP contribution in [0.4, 0.5) is 9.59 Å². The third-order valence-corrected chi connectivity index (χ3v) is 2.32. The second-order valence-electron chi connectivity index (χ2n) is 3.66. The molecule has 1 saturated heterocycles. The van der Waals surface area contributed by atoms with Crippen molar-refractivity contribution in [1.29, 1.82) is 0 Å². The molecule has 0 saturated carbocycles. The van der Waals surface area contributed by atoms with Crippen LogP contribution in [-0.2, 0) is 19.0 Å². The van der Waals surface area contributed by atoms with Crippen LogP contribution >= 0.6 is 0 Å². The minimum Gasteiger partial charge on any atom is -0.463 e. The normalized spacial score (nSPS) is 15.7. The smallest absolute Gasteiger partial charge is 0.433 e. The molecule has 1 rings (SSSR count). The zero-order chi connectivity index (χ0) is 15.1. The quantitative estimate of drug-likeness (QED) is 0.439. The molecule has 0 N–H and O–H groups in total. The predicted octanol–water partition coefficient (Wildman–Crippen LogP) is 1.28. The third kappa shape index (κ3) is 3.62. The van der Waals surface area contributed by atoms with Gasteiger partial charge in [0.1, 0.15) is 0 Å². The Morgan fingerprint density at radius 1 is 1.00 bits per heavy atom. The molecule has 0 aromatic heterocycles. The fourth-order valence-electron chi connectivity index (χ4n) is 1.54. The first-order valence-electron chi connectivity index (χ1n) is 6.33. The molecule has 8 nitrogen and oxygen atoms in total. The fourth-order valence-corrected chi connectivity index (χ4v) is 1.54. The van der Waals surface area contributed by atoms with Crippen LogP contribution in [0, 0.1) is 0 Å². The maximum atomic E-state index is 11.8. The summed E-state index contributed by atoms with van der Waals surface area (Å²) in [4.78, 5) is 34.7. The summed E-state index contributed by atoms with van der Waals surface area (Å²) < 4.78 is 14.4. The van der Waals surface area contributed by atoms with E-state index in [9.17, 15) is 14.4 Å². The number of hydrogen-bond donors (Lipinski definition) is 0. The van der Waals surface area contributed by atoms with Crippen LogP contribution in [-0.4, -0.2) is 54.5 Å². The maximum absolute atomic E-state index is 11.8. The van der Waals surface area contributed by atoms with Crippen molar-refractivity contribution in [2.24, 2.45) is 0 Å². The third-order valence-electron chi connectivity index (χ3n) is 2.32. The Labute approximate surface area is 116 Å². The highest BCUT2D eigenvalue weighted by molar-refractivity contribution is 5.86. The number of carbonyl (C=O) groups is 3. The van der Waals surface area contributed by atoms with Gasteiger partial charge in [-0.05, 0) is 20.8 Å². The summed E-state index contributed by atoms with van der Waals surface area (Å²) in [6.07, 6.45) is -0.278. The van der Waals surface area contributed by atoms with Crippen molar-refractivity contribution in [3.05, 3.63) is 11.8 Å². The molecule has 0 radical (unpaired) electrons. The molecule has 0 bridgehead atoms. The molecule has 1 aliphatic rings. The summed E-state index contributed by atoms with van der Waals surface area (Å²) >= 11 is 0. The molecule has 0 aromatic rings. The van der Waals surface area contributed by atoms with Gasteiger partial charge < -0.3 is 14.2 Å². The fraction of sp³-hybridized carbons (Fsp3) is 0.583. The number of hydrogen-bond acceptors (Lipinski definition) is 6. The van der Waals surface area contributed by atoms with Gasteiger partial charge in [-0.15, -0.1) is 0 Å². The van der Waals surface area contributed by atoms with E-state index in [1.807, 2.05) is 0 Å². The lowest BCUT2D eigenvalue weighted by Crippen LogP contribution is -2.60. The number of nitrogens with zero attached hydrogens (tertiary/aromatic N) is 2. The Hall–Kier alpha value is -2.25. The van der Waals surface area contributed by atoms with Gasteiger partial charge in [0.2, 0.25) is 0 Å². The predicted molar refractivity (Wildman–Crippen MR) is 67.3 cm³/mol. The lowest BCUT2D eigenvalue weighted by molar-refractivity contribution is -0.137. The van der Waals surface area contributed by atoms with E-state index in [-0.39, 0.29) is 26.4 Å². The van der Waals surface area contributed by atoms with Gasteiger partial charge in [-0.1, -0.05) is 0 Å². The van der Waals surface area contributed by atoms with Gasteiger partial charge in [0, 0.05) is 6.08 Å². The van der Waals surface area contributed by atoms with Gasteiger partial charge in [-0.3, -0.25) is 0 Å². The molecule has 0 unspecified atom stereocenters. The Balaban J connectivity index is 2.80. The van der Waals surface area contributed by atoms with E-state index in [1.165, 1.54) is 0 Å². The van der Waals surface area contributed by atoms with E-state index in [0.717, 1.165) is 16.1 Å². The van der Waals surface area contributed by atoms with Crippen LogP contribution in [0.25, 0.3) is 0 Å². The van der Waals surface area contributed by atoms with E-state index in [0.29, 0.717) is 5.70 Å². The van der Waals surface area contributed by atoms with E-state index in [2.05, 4.69) is 0 Å². The molecular weight excluding hydrogens is 268 g/mol. The van der Waals surface area contributed by atoms with Crippen LogP contribution in [0.15, 0.2) is 11.8 Å². The molecule has 0 atom stereocenters. The Kier molecular flexibility index (Phi) is 5.82. The summed E-state index contributed by atoms with van der Waals surface area (Å²) in [5, 5.41) is 2.00. The summed E-state index contributed by atoms with van der Waals surface area (Å²) in [5.74, 6) is -0.583. The van der Waals surface area contributed by atoms with Gasteiger partial charge in [-0.25, -0.2) is 19.4 Å². The topological polar surface area (TPSA) is 85.4 Å². The van der Waals surface area contributed by atoms with Crippen LogP contribution in [0.2, 0.25) is 0 Å². The lowest BCUT2D eigenvalue weighted by Gasteiger charge is -2.43. The van der Waals surface area contributed by atoms with Crippen molar-refractivity contribution in [2.75, 3.05) is 26.4 Å². The zero-order valence-corrected chi connectivity index (χ0v) is 11.7. The van der Waals surface area contributed by atoms with Gasteiger partial charge >= 0.3 is 18.2 Å². The number of rotatable bonds is 4. The minimum absolute atomic E-state index is 0.0798. The highest BCUT2D eigenvalue weighted by Gasteiger charge is 2.41. The molecule has 0 aromatic carbocycles. The number of amides is 2. The monoisotopic (exact) mass is 286 g/mol. The SMILES string of the molecule is CCOC(=O)/C=C1/CN(C(=O)OCC)N1C(=O)OCC. The first-order chi connectivity index (χ1) is 9.54. The summed E-state index contributed by atoms with van der Waals surface area (Å²) in [7, 11) is 0. The van der Waals surface area contributed by atoms with Crippen LogP contribution in [0.3, 0.4) is 0 Å². The van der Waals surface area contributed by atoms with E-state index < -0.39 is 18.2 Å². The summed E-state index contributed by atoms with van der Waals surface area (Å²) in [6.45, 7) is 5.61. The van der Waals surface area contributed by atoms with Crippen molar-refractivity contribution in [3.63, 3.8) is 0 Å². The first-order valence-corrected chi connectivity index (χ1v) is 6.33. The second-order valence-corrected chi connectivity index (χ2v) is 3.66. The molecule has 1 heterocycles. The summed E-state index contributed by atoms with van der Waals surface area (Å²) in [6, 6.07) is 0. The molecule has 0 spiro atoms. The van der Waals surface area contributed by atoms with E-state index >= 15 is 0 Å². The second kappa shape index (κ2) is 7.37. The number of esters is 1. The van der Waals surface area contributed by atoms with Crippen molar-refractivity contribution < 1.29 is 28.6 Å². The first kappa shape index (κ1) is 15.8. The van der Waals surface area contributed by atoms with E-state index in [1.54, 1.807) is 20.8 Å². The highest BCUT2D eigenvalue weighted by Crippen LogP contribution is 2.24. The van der Waals surface area contributed by atoms with Crippen LogP contribution in [0.1, 0.15) is 20.8 Å². The van der Waals surface area contributed by atoms with Crippen molar-refractivity contribution in [3.8, 4) is 0 Å². The molecule has 1 aliphatic heterocycles.